The number of nitrogens with two attached hydrogens (primary N) is 1. The summed E-state index contributed by atoms with van der Waals surface area (Å²) in [6, 6.07) is 11.5. The van der Waals surface area contributed by atoms with Gasteiger partial charge >= 0.3 is 0 Å². The van der Waals surface area contributed by atoms with Crippen molar-refractivity contribution in [2.45, 2.75) is 32.7 Å². The van der Waals surface area contributed by atoms with E-state index in [-0.39, 0.29) is 5.91 Å². The minimum atomic E-state index is -0.446. The second-order valence-electron chi connectivity index (χ2n) is 7.34. The van der Waals surface area contributed by atoms with E-state index in [1.165, 1.54) is 0 Å². The molecule has 28 heavy (non-hydrogen) atoms. The molecule has 2 aromatic rings. The minimum absolute atomic E-state index is 0.148. The van der Waals surface area contributed by atoms with Crippen LogP contribution in [0.5, 0.6) is 11.5 Å². The van der Waals surface area contributed by atoms with E-state index >= 15 is 0 Å². The molecular weight excluding hydrogens is 354 g/mol. The van der Waals surface area contributed by atoms with Gasteiger partial charge in [-0.2, -0.15) is 0 Å². The van der Waals surface area contributed by atoms with E-state index in [2.05, 4.69) is 10.6 Å². The van der Waals surface area contributed by atoms with Crippen LogP contribution < -0.4 is 25.8 Å². The van der Waals surface area contributed by atoms with Crippen LogP contribution in [0.4, 0.5) is 11.4 Å². The first kappa shape index (κ1) is 19.8. The van der Waals surface area contributed by atoms with E-state index in [1.54, 1.807) is 20.3 Å². The lowest BCUT2D eigenvalue weighted by Gasteiger charge is -2.21. The van der Waals surface area contributed by atoms with E-state index in [9.17, 15) is 4.79 Å². The van der Waals surface area contributed by atoms with Gasteiger partial charge in [-0.25, -0.2) is 0 Å². The van der Waals surface area contributed by atoms with Crippen molar-refractivity contribution in [3.05, 3.63) is 53.2 Å². The number of nitrogens with one attached hydrogen (secondary N) is 2. The number of methoxy groups -OCH3 is 2. The molecule has 0 radical (unpaired) electrons. The van der Waals surface area contributed by atoms with Gasteiger partial charge in [0.15, 0.2) is 11.5 Å². The molecule has 0 saturated carbocycles. The topological polar surface area (TPSA) is 85.6 Å². The van der Waals surface area contributed by atoms with Gasteiger partial charge < -0.3 is 25.8 Å². The maximum absolute atomic E-state index is 12.7. The Bertz CT molecular complexity index is 943. The van der Waals surface area contributed by atoms with E-state index in [0.717, 1.165) is 22.5 Å². The van der Waals surface area contributed by atoms with Crippen LogP contribution in [0.3, 0.4) is 0 Å². The quantitative estimate of drug-likeness (QED) is 0.657. The summed E-state index contributed by atoms with van der Waals surface area (Å²) in [6.45, 7) is 5.94. The largest absolute Gasteiger partial charge is 0.493 e. The number of allylic oxidation sites excluding steroid dienone is 1. The molecule has 148 valence electrons. The normalized spacial score (nSPS) is 15.0. The van der Waals surface area contributed by atoms with Crippen LogP contribution in [0, 0.1) is 0 Å². The molecule has 0 aliphatic carbocycles. The Morgan fingerprint density at radius 3 is 2.43 bits per heavy atom. The van der Waals surface area contributed by atoms with Crippen LogP contribution in [0.25, 0.3) is 5.57 Å². The predicted octanol–water partition coefficient (Wildman–Crippen LogP) is 4.08. The Balaban J connectivity index is 2.06. The lowest BCUT2D eigenvalue weighted by Crippen LogP contribution is -2.28. The minimum Gasteiger partial charge on any atom is -0.493 e. The molecule has 1 aliphatic rings. The predicted molar refractivity (Wildman–Crippen MR) is 113 cm³/mol. The highest BCUT2D eigenvalue weighted by Crippen LogP contribution is 2.42. The third-order valence-corrected chi connectivity index (χ3v) is 4.83. The van der Waals surface area contributed by atoms with E-state index in [4.69, 9.17) is 15.2 Å². The average molecular weight is 381 g/mol. The molecule has 1 amide bonds. The highest BCUT2D eigenvalue weighted by molar-refractivity contribution is 6.32. The first-order chi connectivity index (χ1) is 13.3. The van der Waals surface area contributed by atoms with Crippen LogP contribution in [0.15, 0.2) is 42.1 Å². The summed E-state index contributed by atoms with van der Waals surface area (Å²) in [6.07, 6.45) is 0.660. The van der Waals surface area contributed by atoms with E-state index in [0.29, 0.717) is 29.2 Å². The lowest BCUT2D eigenvalue weighted by atomic mass is 9.95. The molecule has 0 fully saturated rings. The van der Waals surface area contributed by atoms with Crippen LogP contribution >= 0.6 is 0 Å². The molecule has 3 rings (SSSR count). The molecule has 6 heteroatoms. The summed E-state index contributed by atoms with van der Waals surface area (Å²) in [5.41, 5.74) is 10.6. The summed E-state index contributed by atoms with van der Waals surface area (Å²) in [7, 11) is 3.15. The molecule has 2 aromatic carbocycles. The standard InChI is InChI=1S/C22H27N3O3/c1-6-16(24-14-9-7-8-13(10-14)22(2,3)23)20-15-11-18(27-4)19(28-5)12-17(15)25-21(20)26/h7-12,24H,6,23H2,1-5H3,(H,25,26)/b20-16-. The summed E-state index contributed by atoms with van der Waals surface area (Å²) >= 11 is 0. The molecule has 0 atom stereocenters. The van der Waals surface area contributed by atoms with Crippen LogP contribution in [0.1, 0.15) is 38.3 Å². The van der Waals surface area contributed by atoms with Gasteiger partial charge in [0.1, 0.15) is 0 Å². The van der Waals surface area contributed by atoms with Crippen LogP contribution in [-0.4, -0.2) is 20.1 Å². The third-order valence-electron chi connectivity index (χ3n) is 4.83. The molecule has 0 bridgehead atoms. The van der Waals surface area contributed by atoms with Crippen molar-refractivity contribution < 1.29 is 14.3 Å². The second kappa shape index (κ2) is 7.56. The first-order valence-electron chi connectivity index (χ1n) is 9.25. The fraction of sp³-hybridized carbons (Fsp3) is 0.318. The van der Waals surface area contributed by atoms with Crippen molar-refractivity contribution in [1.29, 1.82) is 0 Å². The van der Waals surface area contributed by atoms with Gasteiger partial charge in [-0.3, -0.25) is 4.79 Å². The van der Waals surface area contributed by atoms with Gasteiger partial charge in [-0.05, 0) is 44.0 Å². The third kappa shape index (κ3) is 3.68. The first-order valence-corrected chi connectivity index (χ1v) is 9.25. The molecule has 4 N–H and O–H groups in total. The van der Waals surface area contributed by atoms with Gasteiger partial charge in [-0.1, -0.05) is 19.1 Å². The second-order valence-corrected chi connectivity index (χ2v) is 7.34. The molecule has 1 aliphatic heterocycles. The number of amides is 1. The van der Waals surface area contributed by atoms with Gasteiger partial charge in [0.2, 0.25) is 0 Å². The number of carbonyl (C=O) groups is 1. The number of anilines is 2. The number of benzene rings is 2. The molecule has 0 spiro atoms. The smallest absolute Gasteiger partial charge is 0.258 e. The summed E-state index contributed by atoms with van der Waals surface area (Å²) in [5.74, 6) is 1.01. The highest BCUT2D eigenvalue weighted by Gasteiger charge is 2.29. The number of carbonyl (C=O) groups excluding carboxylic acids is 1. The van der Waals surface area contributed by atoms with Crippen molar-refractivity contribution in [3.63, 3.8) is 0 Å². The van der Waals surface area contributed by atoms with Crippen LogP contribution in [0.2, 0.25) is 0 Å². The Morgan fingerprint density at radius 1 is 1.14 bits per heavy atom. The lowest BCUT2D eigenvalue weighted by molar-refractivity contribution is -0.110. The molecule has 0 unspecified atom stereocenters. The Morgan fingerprint density at radius 2 is 1.82 bits per heavy atom. The van der Waals surface area contributed by atoms with Crippen molar-refractivity contribution in [1.82, 2.24) is 0 Å². The Labute approximate surface area is 165 Å². The van der Waals surface area contributed by atoms with Crippen molar-refractivity contribution in [2.24, 2.45) is 5.73 Å². The van der Waals surface area contributed by atoms with Gasteiger partial charge in [0.25, 0.3) is 5.91 Å². The number of hydrogen-bond donors (Lipinski definition) is 3. The van der Waals surface area contributed by atoms with E-state index in [1.807, 2.05) is 51.1 Å². The number of fused-ring (bicyclic) bond motifs is 1. The Hall–Kier alpha value is -2.99. The SMILES string of the molecule is CC/C(Nc1cccc(C(C)(C)N)c1)=C1/C(=O)Nc2cc(OC)c(OC)cc21. The average Bonchev–Trinajstić information content (AvgIpc) is 2.99. The summed E-state index contributed by atoms with van der Waals surface area (Å²) in [4.78, 5) is 12.7. The number of ether oxygens (including phenoxy) is 2. The monoisotopic (exact) mass is 381 g/mol. The van der Waals surface area contributed by atoms with Gasteiger partial charge in [0, 0.05) is 28.6 Å². The number of hydrogen-bond acceptors (Lipinski definition) is 5. The summed E-state index contributed by atoms with van der Waals surface area (Å²) < 4.78 is 10.7. The van der Waals surface area contributed by atoms with Crippen LogP contribution in [-0.2, 0) is 10.3 Å². The maximum atomic E-state index is 12.7. The molecule has 1 heterocycles. The van der Waals surface area contributed by atoms with E-state index < -0.39 is 5.54 Å². The zero-order chi connectivity index (χ0) is 20.5. The molecular formula is C22H27N3O3. The van der Waals surface area contributed by atoms with Gasteiger partial charge in [-0.15, -0.1) is 0 Å². The fourth-order valence-electron chi connectivity index (χ4n) is 3.30. The van der Waals surface area contributed by atoms with Crippen molar-refractivity contribution in [3.8, 4) is 11.5 Å². The number of rotatable bonds is 6. The van der Waals surface area contributed by atoms with Gasteiger partial charge in [0.05, 0.1) is 25.5 Å². The zero-order valence-electron chi connectivity index (χ0n) is 17.0. The molecule has 0 saturated heterocycles. The van der Waals surface area contributed by atoms with Crippen molar-refractivity contribution >= 4 is 22.9 Å². The maximum Gasteiger partial charge on any atom is 0.258 e. The zero-order valence-corrected chi connectivity index (χ0v) is 17.0. The Kier molecular flexibility index (Phi) is 5.34. The van der Waals surface area contributed by atoms with Crippen molar-refractivity contribution in [2.75, 3.05) is 24.9 Å². The fourth-order valence-corrected chi connectivity index (χ4v) is 3.30. The summed E-state index contributed by atoms with van der Waals surface area (Å²) in [5, 5.41) is 6.33. The molecule has 6 nitrogen and oxygen atoms in total. The highest BCUT2D eigenvalue weighted by atomic mass is 16.5. The molecule has 0 aromatic heterocycles.